The number of nitrogen functional groups attached to an aromatic ring is 1. The molecule has 0 aromatic carbocycles. The molecule has 9 heteroatoms. The van der Waals surface area contributed by atoms with E-state index in [-0.39, 0.29) is 6.61 Å². The number of rotatable bonds is 3. The molecule has 0 spiro atoms. The van der Waals surface area contributed by atoms with Crippen LogP contribution in [0, 0.1) is 0 Å². The van der Waals surface area contributed by atoms with Crippen molar-refractivity contribution < 1.29 is 14.9 Å². The molecule has 1 fully saturated rings. The number of aliphatic hydroxyl groups is 2. The molecular formula is C11H15N5O3S. The van der Waals surface area contributed by atoms with E-state index in [1.807, 2.05) is 6.26 Å². The highest BCUT2D eigenvalue weighted by atomic mass is 32.2. The van der Waals surface area contributed by atoms with Gasteiger partial charge >= 0.3 is 0 Å². The van der Waals surface area contributed by atoms with E-state index in [0.717, 1.165) is 0 Å². The Morgan fingerprint density at radius 2 is 2.35 bits per heavy atom. The van der Waals surface area contributed by atoms with E-state index < -0.39 is 18.4 Å². The molecule has 0 aliphatic carbocycles. The van der Waals surface area contributed by atoms with E-state index in [1.54, 1.807) is 10.9 Å². The van der Waals surface area contributed by atoms with Crippen molar-refractivity contribution in [3.05, 3.63) is 6.33 Å². The van der Waals surface area contributed by atoms with Crippen molar-refractivity contribution in [1.82, 2.24) is 19.5 Å². The third kappa shape index (κ3) is 2.12. The summed E-state index contributed by atoms with van der Waals surface area (Å²) in [6.07, 6.45) is 2.08. The summed E-state index contributed by atoms with van der Waals surface area (Å²) >= 11 is 1.38. The second-order valence-electron chi connectivity index (χ2n) is 4.53. The lowest BCUT2D eigenvalue weighted by molar-refractivity contribution is -0.0432. The number of aliphatic hydroxyl groups excluding tert-OH is 2. The fourth-order valence-electron chi connectivity index (χ4n) is 2.27. The number of nitrogens with zero attached hydrogens (tertiary/aromatic N) is 4. The Morgan fingerprint density at radius 1 is 1.55 bits per heavy atom. The average Bonchev–Trinajstić information content (AvgIpc) is 3.01. The van der Waals surface area contributed by atoms with Gasteiger partial charge in [-0.15, -0.1) is 0 Å². The van der Waals surface area contributed by atoms with Crippen molar-refractivity contribution in [3.8, 4) is 0 Å². The van der Waals surface area contributed by atoms with Gasteiger partial charge in [0.15, 0.2) is 16.6 Å². The first-order valence-electron chi connectivity index (χ1n) is 6.12. The van der Waals surface area contributed by atoms with Gasteiger partial charge < -0.3 is 20.7 Å². The summed E-state index contributed by atoms with van der Waals surface area (Å²) in [7, 11) is 0. The lowest BCUT2D eigenvalue weighted by Crippen LogP contribution is -2.24. The molecule has 4 N–H and O–H groups in total. The number of hydrogen-bond acceptors (Lipinski definition) is 8. The van der Waals surface area contributed by atoms with Crippen molar-refractivity contribution in [1.29, 1.82) is 0 Å². The van der Waals surface area contributed by atoms with Crippen molar-refractivity contribution in [2.24, 2.45) is 0 Å². The van der Waals surface area contributed by atoms with Crippen LogP contribution >= 0.6 is 11.8 Å². The van der Waals surface area contributed by atoms with Gasteiger partial charge in [-0.05, 0) is 6.26 Å². The lowest BCUT2D eigenvalue weighted by Gasteiger charge is -2.13. The molecule has 3 atom stereocenters. The second kappa shape index (κ2) is 5.17. The normalized spacial score (nSPS) is 26.4. The number of imidazole rings is 1. The highest BCUT2D eigenvalue weighted by molar-refractivity contribution is 7.98. The summed E-state index contributed by atoms with van der Waals surface area (Å²) in [5.74, 6) is 0.315. The molecule has 108 valence electrons. The van der Waals surface area contributed by atoms with Crippen LogP contribution in [0.3, 0.4) is 0 Å². The molecule has 0 radical (unpaired) electrons. The average molecular weight is 297 g/mol. The third-order valence-corrected chi connectivity index (χ3v) is 3.85. The van der Waals surface area contributed by atoms with E-state index in [0.29, 0.717) is 28.6 Å². The van der Waals surface area contributed by atoms with E-state index >= 15 is 0 Å². The maximum absolute atomic E-state index is 9.81. The van der Waals surface area contributed by atoms with Crippen LogP contribution < -0.4 is 5.73 Å². The Labute approximate surface area is 119 Å². The van der Waals surface area contributed by atoms with E-state index in [4.69, 9.17) is 15.6 Å². The number of thioether (sulfide) groups is 1. The van der Waals surface area contributed by atoms with Crippen LogP contribution in [0.4, 0.5) is 5.82 Å². The minimum atomic E-state index is -0.707. The van der Waals surface area contributed by atoms with Crippen LogP contribution in [0.2, 0.25) is 0 Å². The molecule has 8 nitrogen and oxygen atoms in total. The molecule has 1 aliphatic rings. The summed E-state index contributed by atoms with van der Waals surface area (Å²) in [4.78, 5) is 12.7. The fraction of sp³-hybridized carbons (Fsp3) is 0.545. The first kappa shape index (κ1) is 13.6. The van der Waals surface area contributed by atoms with Crippen LogP contribution in [0.25, 0.3) is 11.2 Å². The number of aromatic nitrogens is 4. The van der Waals surface area contributed by atoms with Crippen molar-refractivity contribution >= 4 is 28.7 Å². The van der Waals surface area contributed by atoms with Crippen LogP contribution in [0.1, 0.15) is 12.6 Å². The SMILES string of the molecule is CSc1nc(N)c2ncn([C@H]3C[C@@H](O)[C@H](CO)O3)c2n1. The van der Waals surface area contributed by atoms with E-state index in [2.05, 4.69) is 15.0 Å². The smallest absolute Gasteiger partial charge is 0.191 e. The van der Waals surface area contributed by atoms with Gasteiger partial charge in [0.2, 0.25) is 0 Å². The summed E-state index contributed by atoms with van der Waals surface area (Å²) < 4.78 is 7.32. The van der Waals surface area contributed by atoms with E-state index in [1.165, 1.54) is 11.8 Å². The van der Waals surface area contributed by atoms with Crippen LogP contribution in [-0.2, 0) is 4.74 Å². The molecule has 3 rings (SSSR count). The molecule has 0 bridgehead atoms. The standard InChI is InChI=1S/C11H15N5O3S/c1-20-11-14-9(12)8-10(15-11)16(4-13-8)7-2-5(18)6(3-17)19-7/h4-7,17-18H,2-3H2,1H3,(H2,12,14,15)/t5-,6+,7-/m1/s1. The maximum Gasteiger partial charge on any atom is 0.191 e. The Balaban J connectivity index is 2.02. The molecule has 3 heterocycles. The Kier molecular flexibility index (Phi) is 3.50. The molecule has 2 aromatic heterocycles. The molecule has 2 aromatic rings. The monoisotopic (exact) mass is 297 g/mol. The molecule has 1 saturated heterocycles. The van der Waals surface area contributed by atoms with Gasteiger partial charge in [-0.3, -0.25) is 4.57 Å². The van der Waals surface area contributed by atoms with Gasteiger partial charge in [0, 0.05) is 6.42 Å². The first-order valence-corrected chi connectivity index (χ1v) is 7.35. The molecule has 1 aliphatic heterocycles. The molecule has 0 amide bonds. The number of ether oxygens (including phenoxy) is 1. The number of hydrogen-bond donors (Lipinski definition) is 3. The quantitative estimate of drug-likeness (QED) is 0.525. The van der Waals surface area contributed by atoms with Crippen molar-refractivity contribution in [3.63, 3.8) is 0 Å². The predicted octanol–water partition coefficient (Wildman–Crippen LogP) is -0.229. The first-order chi connectivity index (χ1) is 9.63. The van der Waals surface area contributed by atoms with Crippen LogP contribution in [0.15, 0.2) is 11.5 Å². The fourth-order valence-corrected chi connectivity index (χ4v) is 2.64. The zero-order valence-corrected chi connectivity index (χ0v) is 11.6. The maximum atomic E-state index is 9.81. The van der Waals surface area contributed by atoms with Crippen LogP contribution in [0.5, 0.6) is 0 Å². The zero-order chi connectivity index (χ0) is 14.3. The second-order valence-corrected chi connectivity index (χ2v) is 5.31. The van der Waals surface area contributed by atoms with Gasteiger partial charge in [-0.2, -0.15) is 0 Å². The minimum Gasteiger partial charge on any atom is -0.394 e. The van der Waals surface area contributed by atoms with Gasteiger partial charge in [0.1, 0.15) is 17.8 Å². The zero-order valence-electron chi connectivity index (χ0n) is 10.8. The molecule has 0 saturated carbocycles. The van der Waals surface area contributed by atoms with Gasteiger partial charge in [0.25, 0.3) is 0 Å². The van der Waals surface area contributed by atoms with Gasteiger partial charge in [0.05, 0.1) is 19.0 Å². The van der Waals surface area contributed by atoms with Gasteiger partial charge in [-0.25, -0.2) is 15.0 Å². The Hall–Kier alpha value is -1.42. The van der Waals surface area contributed by atoms with Crippen molar-refractivity contribution in [2.75, 3.05) is 18.6 Å². The number of nitrogens with two attached hydrogens (primary N) is 1. The Morgan fingerprint density at radius 3 is 3.00 bits per heavy atom. The predicted molar refractivity (Wildman–Crippen MR) is 73.1 cm³/mol. The topological polar surface area (TPSA) is 119 Å². The highest BCUT2D eigenvalue weighted by Crippen LogP contribution is 2.31. The number of fused-ring (bicyclic) bond motifs is 1. The Bertz CT molecular complexity index is 634. The summed E-state index contributed by atoms with van der Waals surface area (Å²) in [6.45, 7) is -0.225. The summed E-state index contributed by atoms with van der Waals surface area (Å²) in [5, 5.41) is 19.5. The largest absolute Gasteiger partial charge is 0.394 e. The third-order valence-electron chi connectivity index (χ3n) is 3.30. The molecular weight excluding hydrogens is 282 g/mol. The molecule has 0 unspecified atom stereocenters. The lowest BCUT2D eigenvalue weighted by atomic mass is 10.2. The minimum absolute atomic E-state index is 0.225. The number of anilines is 1. The highest BCUT2D eigenvalue weighted by Gasteiger charge is 2.35. The molecule has 20 heavy (non-hydrogen) atoms. The van der Waals surface area contributed by atoms with Gasteiger partial charge in [-0.1, -0.05) is 11.8 Å². The summed E-state index contributed by atoms with van der Waals surface area (Å²) in [5.41, 5.74) is 6.93. The van der Waals surface area contributed by atoms with Crippen LogP contribution in [-0.4, -0.2) is 54.8 Å². The van der Waals surface area contributed by atoms with E-state index in [9.17, 15) is 5.11 Å². The van der Waals surface area contributed by atoms with Crippen molar-refractivity contribution in [2.45, 2.75) is 30.0 Å². The summed E-state index contributed by atoms with van der Waals surface area (Å²) in [6, 6.07) is 0.